The SMILES string of the molecule is Cl.O=C1N[C@H](c2ccc3cc(O)ccc3c2)C(F)(F)CO1. The number of halogens is 3. The number of hydrogen-bond donors (Lipinski definition) is 2. The van der Waals surface area contributed by atoms with Gasteiger partial charge in [0.2, 0.25) is 0 Å². The van der Waals surface area contributed by atoms with E-state index in [9.17, 15) is 18.7 Å². The highest BCUT2D eigenvalue weighted by molar-refractivity contribution is 5.85. The second-order valence-electron chi connectivity index (χ2n) is 4.71. The van der Waals surface area contributed by atoms with Crippen LogP contribution in [0.2, 0.25) is 0 Å². The second-order valence-corrected chi connectivity index (χ2v) is 4.71. The third kappa shape index (κ3) is 2.85. The number of phenolic OH excluding ortho intramolecular Hbond substituents is 1. The first-order valence-electron chi connectivity index (χ1n) is 5.99. The summed E-state index contributed by atoms with van der Waals surface area (Å²) in [7, 11) is 0. The molecule has 1 aliphatic rings. The van der Waals surface area contributed by atoms with Gasteiger partial charge in [-0.05, 0) is 34.5 Å². The van der Waals surface area contributed by atoms with Crippen LogP contribution in [-0.2, 0) is 4.74 Å². The molecule has 2 aromatic carbocycles. The van der Waals surface area contributed by atoms with Gasteiger partial charge in [0.1, 0.15) is 11.8 Å². The molecule has 0 radical (unpaired) electrons. The zero-order valence-electron chi connectivity index (χ0n) is 10.7. The number of hydrogen-bond acceptors (Lipinski definition) is 3. The van der Waals surface area contributed by atoms with E-state index in [-0.39, 0.29) is 18.2 Å². The van der Waals surface area contributed by atoms with E-state index in [1.807, 2.05) is 0 Å². The number of fused-ring (bicyclic) bond motifs is 1. The minimum absolute atomic E-state index is 0. The maximum Gasteiger partial charge on any atom is 0.408 e. The molecule has 1 fully saturated rings. The summed E-state index contributed by atoms with van der Waals surface area (Å²) in [5.41, 5.74) is 0.296. The van der Waals surface area contributed by atoms with E-state index in [0.29, 0.717) is 10.9 Å². The largest absolute Gasteiger partial charge is 0.508 e. The molecule has 0 bridgehead atoms. The van der Waals surface area contributed by atoms with Gasteiger partial charge in [-0.3, -0.25) is 0 Å². The van der Waals surface area contributed by atoms with Crippen molar-refractivity contribution in [3.05, 3.63) is 42.0 Å². The number of alkyl halides is 2. The van der Waals surface area contributed by atoms with E-state index < -0.39 is 24.7 Å². The van der Waals surface area contributed by atoms with E-state index in [0.717, 1.165) is 5.39 Å². The predicted octanol–water partition coefficient (Wildman–Crippen LogP) is 3.38. The molecule has 0 saturated carbocycles. The fourth-order valence-electron chi connectivity index (χ4n) is 2.27. The van der Waals surface area contributed by atoms with Crippen molar-refractivity contribution >= 4 is 29.3 Å². The van der Waals surface area contributed by atoms with Crippen LogP contribution in [0, 0.1) is 0 Å². The van der Waals surface area contributed by atoms with Crippen LogP contribution >= 0.6 is 12.4 Å². The number of cyclic esters (lactones) is 1. The topological polar surface area (TPSA) is 58.6 Å². The van der Waals surface area contributed by atoms with E-state index in [1.165, 1.54) is 12.1 Å². The lowest BCUT2D eigenvalue weighted by atomic mass is 9.97. The zero-order valence-corrected chi connectivity index (χ0v) is 11.5. The van der Waals surface area contributed by atoms with Crippen LogP contribution < -0.4 is 5.32 Å². The summed E-state index contributed by atoms with van der Waals surface area (Å²) < 4.78 is 31.9. The molecular formula is C14H12ClF2NO3. The molecule has 0 aromatic heterocycles. The molecule has 0 aliphatic carbocycles. The average molecular weight is 316 g/mol. The summed E-state index contributed by atoms with van der Waals surface area (Å²) >= 11 is 0. The summed E-state index contributed by atoms with van der Waals surface area (Å²) in [6.45, 7) is -0.933. The van der Waals surface area contributed by atoms with Gasteiger partial charge in [-0.15, -0.1) is 12.4 Å². The van der Waals surface area contributed by atoms with E-state index in [2.05, 4.69) is 10.1 Å². The predicted molar refractivity (Wildman–Crippen MR) is 75.0 cm³/mol. The number of amides is 1. The van der Waals surface area contributed by atoms with Crippen LogP contribution in [-0.4, -0.2) is 23.7 Å². The van der Waals surface area contributed by atoms with Gasteiger partial charge in [-0.2, -0.15) is 0 Å². The van der Waals surface area contributed by atoms with Crippen LogP contribution in [0.1, 0.15) is 11.6 Å². The number of phenols is 1. The highest BCUT2D eigenvalue weighted by Gasteiger charge is 2.46. The maximum absolute atomic E-state index is 13.8. The molecule has 0 unspecified atom stereocenters. The van der Waals surface area contributed by atoms with Gasteiger partial charge in [0.05, 0.1) is 0 Å². The first-order valence-corrected chi connectivity index (χ1v) is 5.99. The molecule has 1 aliphatic heterocycles. The van der Waals surface area contributed by atoms with Crippen molar-refractivity contribution in [1.82, 2.24) is 5.32 Å². The number of aromatic hydroxyl groups is 1. The Morgan fingerprint density at radius 2 is 1.86 bits per heavy atom. The summed E-state index contributed by atoms with van der Waals surface area (Å²) in [5, 5.41) is 12.9. The maximum atomic E-state index is 13.8. The second kappa shape index (κ2) is 5.37. The number of benzene rings is 2. The summed E-state index contributed by atoms with van der Waals surface area (Å²) in [6, 6.07) is 7.94. The number of rotatable bonds is 1. The first-order chi connectivity index (χ1) is 9.45. The van der Waals surface area contributed by atoms with Crippen molar-refractivity contribution in [2.24, 2.45) is 0 Å². The fourth-order valence-corrected chi connectivity index (χ4v) is 2.27. The Morgan fingerprint density at radius 1 is 1.19 bits per heavy atom. The van der Waals surface area contributed by atoms with E-state index in [1.54, 1.807) is 24.3 Å². The van der Waals surface area contributed by atoms with Crippen LogP contribution in [0.4, 0.5) is 13.6 Å². The molecule has 0 spiro atoms. The van der Waals surface area contributed by atoms with E-state index >= 15 is 0 Å². The van der Waals surface area contributed by atoms with Gasteiger partial charge in [0.15, 0.2) is 6.61 Å². The molecule has 1 atom stereocenters. The Labute approximate surface area is 125 Å². The molecule has 1 amide bonds. The Balaban J connectivity index is 0.00000161. The molecule has 1 heterocycles. The van der Waals surface area contributed by atoms with Crippen LogP contribution in [0.5, 0.6) is 5.75 Å². The van der Waals surface area contributed by atoms with Crippen molar-refractivity contribution < 1.29 is 23.4 Å². The van der Waals surface area contributed by atoms with Crippen molar-refractivity contribution in [2.75, 3.05) is 6.61 Å². The first kappa shape index (κ1) is 15.3. The minimum Gasteiger partial charge on any atom is -0.508 e. The highest BCUT2D eigenvalue weighted by Crippen LogP contribution is 2.35. The van der Waals surface area contributed by atoms with Gasteiger partial charge >= 0.3 is 12.0 Å². The fraction of sp³-hybridized carbons (Fsp3) is 0.214. The number of nitrogens with one attached hydrogen (secondary N) is 1. The monoisotopic (exact) mass is 315 g/mol. The van der Waals surface area contributed by atoms with Crippen LogP contribution in [0.25, 0.3) is 10.8 Å². The highest BCUT2D eigenvalue weighted by atomic mass is 35.5. The molecule has 7 heteroatoms. The Kier molecular flexibility index (Phi) is 3.91. The minimum atomic E-state index is -3.17. The lowest BCUT2D eigenvalue weighted by Crippen LogP contribution is -2.49. The molecule has 2 aromatic rings. The van der Waals surface area contributed by atoms with Crippen molar-refractivity contribution in [2.45, 2.75) is 12.0 Å². The Morgan fingerprint density at radius 3 is 2.62 bits per heavy atom. The van der Waals surface area contributed by atoms with Crippen molar-refractivity contribution in [3.8, 4) is 5.75 Å². The number of ether oxygens (including phenoxy) is 1. The zero-order chi connectivity index (χ0) is 14.3. The smallest absolute Gasteiger partial charge is 0.408 e. The molecule has 2 N–H and O–H groups in total. The third-order valence-corrected chi connectivity index (χ3v) is 3.26. The van der Waals surface area contributed by atoms with Gasteiger partial charge in [0, 0.05) is 0 Å². The molecular weight excluding hydrogens is 304 g/mol. The number of carbonyl (C=O) groups is 1. The standard InChI is InChI=1S/C14H11F2NO3.ClH/c15-14(16)7-20-13(19)17-12(14)10-2-1-9-6-11(18)4-3-8(9)5-10;/h1-6,12,18H,7H2,(H,17,19);1H/t12-;/m1./s1. The van der Waals surface area contributed by atoms with Crippen LogP contribution in [0.15, 0.2) is 36.4 Å². The van der Waals surface area contributed by atoms with Gasteiger partial charge in [0.25, 0.3) is 0 Å². The van der Waals surface area contributed by atoms with Crippen molar-refractivity contribution in [3.63, 3.8) is 0 Å². The quantitative estimate of drug-likeness (QED) is 0.848. The third-order valence-electron chi connectivity index (χ3n) is 3.26. The van der Waals surface area contributed by atoms with Crippen LogP contribution in [0.3, 0.4) is 0 Å². The lowest BCUT2D eigenvalue weighted by Gasteiger charge is -2.31. The number of carbonyl (C=O) groups excluding carboxylic acids is 1. The molecule has 3 rings (SSSR count). The van der Waals surface area contributed by atoms with Gasteiger partial charge in [-0.1, -0.05) is 18.2 Å². The Hall–Kier alpha value is -2.08. The van der Waals surface area contributed by atoms with Crippen molar-refractivity contribution in [1.29, 1.82) is 0 Å². The van der Waals surface area contributed by atoms with Gasteiger partial charge in [-0.25, -0.2) is 13.6 Å². The van der Waals surface area contributed by atoms with E-state index in [4.69, 9.17) is 0 Å². The summed E-state index contributed by atoms with van der Waals surface area (Å²) in [5.74, 6) is -3.06. The summed E-state index contributed by atoms with van der Waals surface area (Å²) in [6.07, 6.45) is -0.855. The normalized spacial score (nSPS) is 20.3. The number of alkyl carbamates (subject to hydrolysis) is 1. The molecule has 4 nitrogen and oxygen atoms in total. The molecule has 1 saturated heterocycles. The molecule has 21 heavy (non-hydrogen) atoms. The average Bonchev–Trinajstić information content (AvgIpc) is 2.41. The Bertz CT molecular complexity index is 693. The molecule has 112 valence electrons. The summed E-state index contributed by atoms with van der Waals surface area (Å²) in [4.78, 5) is 11.1. The van der Waals surface area contributed by atoms with Gasteiger partial charge < -0.3 is 15.2 Å². The lowest BCUT2D eigenvalue weighted by molar-refractivity contribution is -0.104.